The minimum Gasteiger partial charge on any atom is -0.308 e. The van der Waals surface area contributed by atoms with Crippen molar-refractivity contribution in [2.24, 2.45) is 0 Å². The Labute approximate surface area is 209 Å². The van der Waals surface area contributed by atoms with Gasteiger partial charge in [0.25, 0.3) is 17.3 Å². The van der Waals surface area contributed by atoms with Crippen molar-refractivity contribution in [3.05, 3.63) is 71.2 Å². The van der Waals surface area contributed by atoms with Crippen molar-refractivity contribution in [3.8, 4) is 11.4 Å². The minimum absolute atomic E-state index is 0.0559. The van der Waals surface area contributed by atoms with Gasteiger partial charge in [0.2, 0.25) is 10.6 Å². The highest BCUT2D eigenvalue weighted by Gasteiger charge is 2.21. The van der Waals surface area contributed by atoms with E-state index >= 15 is 0 Å². The van der Waals surface area contributed by atoms with Gasteiger partial charge in [-0.3, -0.25) is 0 Å². The average Bonchev–Trinajstić information content (AvgIpc) is 3.68. The zero-order valence-electron chi connectivity index (χ0n) is 18.0. The number of benzene rings is 3. The summed E-state index contributed by atoms with van der Waals surface area (Å²) in [4.78, 5) is 13.3. The van der Waals surface area contributed by atoms with E-state index in [9.17, 15) is 0 Å². The molecule has 0 amide bonds. The standard InChI is InChI=1S/C24H10Cl2N10/c25-20-28-23-34-22(35-24(36(23)32-20)29-21(26)31-35)27-19(30-34)11-8-9-17-15(10-11)14-6-3-5-13-12-4-1-2-7-16(12)33(17)18(13)14/h1-10H. The number of hydrogen-bond donors (Lipinski definition) is 0. The van der Waals surface area contributed by atoms with E-state index in [0.29, 0.717) is 23.2 Å². The van der Waals surface area contributed by atoms with Crippen LogP contribution < -0.4 is 0 Å². The van der Waals surface area contributed by atoms with Gasteiger partial charge in [-0.1, -0.05) is 36.4 Å². The zero-order valence-corrected chi connectivity index (χ0v) is 19.5. The van der Waals surface area contributed by atoms with Gasteiger partial charge in [0, 0.05) is 27.1 Å². The minimum atomic E-state index is 0.0559. The lowest BCUT2D eigenvalue weighted by molar-refractivity contribution is 0.816. The Hall–Kier alpha value is -4.54. The molecule has 9 aromatic rings. The van der Waals surface area contributed by atoms with Crippen LogP contribution in [0.3, 0.4) is 0 Å². The Kier molecular flexibility index (Phi) is 3.21. The number of rotatable bonds is 1. The summed E-state index contributed by atoms with van der Waals surface area (Å²) in [5.41, 5.74) is 4.39. The van der Waals surface area contributed by atoms with Crippen molar-refractivity contribution in [2.75, 3.05) is 0 Å². The van der Waals surface area contributed by atoms with Crippen LogP contribution in [-0.4, -0.2) is 48.2 Å². The lowest BCUT2D eigenvalue weighted by Crippen LogP contribution is -2.06. The summed E-state index contributed by atoms with van der Waals surface area (Å²) in [5, 5.41) is 18.1. The largest absolute Gasteiger partial charge is 0.308 e. The molecule has 12 heteroatoms. The van der Waals surface area contributed by atoms with Gasteiger partial charge in [-0.05, 0) is 47.5 Å². The fourth-order valence-corrected chi connectivity index (χ4v) is 5.67. The number of nitrogens with zero attached hydrogens (tertiary/aromatic N) is 10. The SMILES string of the molecule is Clc1nc2n(n1)c1nc(Cl)nn1c1nc(-c3ccc4c(c3)c3cccc5c6ccccc6n4c53)nn21. The Morgan fingerprint density at radius 2 is 1.17 bits per heavy atom. The lowest BCUT2D eigenvalue weighted by atomic mass is 10.1. The topological polar surface area (TPSA) is 95.0 Å². The molecule has 0 unspecified atom stereocenters. The molecule has 0 aliphatic heterocycles. The average molecular weight is 509 g/mol. The molecule has 6 heterocycles. The summed E-state index contributed by atoms with van der Waals surface area (Å²) < 4.78 is 6.79. The molecular formula is C24H10Cl2N10. The normalized spacial score (nSPS) is 12.7. The summed E-state index contributed by atoms with van der Waals surface area (Å²) >= 11 is 12.2. The first kappa shape index (κ1) is 18.7. The van der Waals surface area contributed by atoms with Crippen LogP contribution >= 0.6 is 23.2 Å². The van der Waals surface area contributed by atoms with Crippen LogP contribution in [0.1, 0.15) is 0 Å². The third-order valence-electron chi connectivity index (χ3n) is 6.77. The van der Waals surface area contributed by atoms with E-state index in [1.54, 1.807) is 0 Å². The first-order chi connectivity index (χ1) is 17.7. The molecule has 6 aromatic heterocycles. The summed E-state index contributed by atoms with van der Waals surface area (Å²) in [5.74, 6) is 1.61. The maximum Gasteiger partial charge on any atom is 0.261 e. The van der Waals surface area contributed by atoms with E-state index in [4.69, 9.17) is 33.3 Å². The molecule has 3 aromatic carbocycles. The summed E-state index contributed by atoms with van der Waals surface area (Å²) in [6.45, 7) is 0. The van der Waals surface area contributed by atoms with Crippen molar-refractivity contribution in [2.45, 2.75) is 0 Å². The fourth-order valence-electron chi connectivity index (χ4n) is 5.37. The van der Waals surface area contributed by atoms with Crippen LogP contribution in [0.15, 0.2) is 60.7 Å². The van der Waals surface area contributed by atoms with Crippen molar-refractivity contribution < 1.29 is 0 Å². The molecule has 0 fully saturated rings. The maximum atomic E-state index is 6.09. The van der Waals surface area contributed by atoms with Crippen LogP contribution in [0.2, 0.25) is 10.6 Å². The molecule has 0 spiro atoms. The summed E-state index contributed by atoms with van der Waals surface area (Å²) in [6, 6.07) is 21.2. The summed E-state index contributed by atoms with van der Waals surface area (Å²) in [6.07, 6.45) is 0. The van der Waals surface area contributed by atoms with Gasteiger partial charge in [-0.25, -0.2) is 0 Å². The van der Waals surface area contributed by atoms with Crippen LogP contribution in [-0.2, 0) is 0 Å². The van der Waals surface area contributed by atoms with E-state index in [2.05, 4.69) is 79.2 Å². The van der Waals surface area contributed by atoms with Crippen LogP contribution in [0.5, 0.6) is 0 Å². The molecule has 0 bridgehead atoms. The zero-order chi connectivity index (χ0) is 23.7. The molecule has 0 radical (unpaired) electrons. The van der Waals surface area contributed by atoms with Crippen molar-refractivity contribution in [1.82, 2.24) is 48.2 Å². The predicted octanol–water partition coefficient (Wildman–Crippen LogP) is 4.94. The number of halogens is 2. The van der Waals surface area contributed by atoms with Crippen molar-refractivity contribution in [1.29, 1.82) is 0 Å². The maximum absolute atomic E-state index is 6.09. The van der Waals surface area contributed by atoms with Gasteiger partial charge >= 0.3 is 0 Å². The molecule has 0 saturated heterocycles. The van der Waals surface area contributed by atoms with Crippen molar-refractivity contribution >= 4 is 78.6 Å². The van der Waals surface area contributed by atoms with E-state index in [-0.39, 0.29) is 10.6 Å². The van der Waals surface area contributed by atoms with Crippen LogP contribution in [0.4, 0.5) is 0 Å². The van der Waals surface area contributed by atoms with Gasteiger partial charge in [-0.15, -0.1) is 15.3 Å². The number of hydrogen-bond acceptors (Lipinski definition) is 6. The third kappa shape index (κ3) is 2.15. The van der Waals surface area contributed by atoms with Gasteiger partial charge in [0.1, 0.15) is 0 Å². The summed E-state index contributed by atoms with van der Waals surface area (Å²) in [7, 11) is 0. The second kappa shape index (κ2) is 6.17. The Morgan fingerprint density at radius 1 is 0.556 bits per heavy atom. The highest BCUT2D eigenvalue weighted by Crippen LogP contribution is 2.39. The lowest BCUT2D eigenvalue weighted by Gasteiger charge is -1.99. The first-order valence-corrected chi connectivity index (χ1v) is 11.8. The second-order valence-corrected chi connectivity index (χ2v) is 9.29. The Balaban J connectivity index is 1.37. The molecule has 0 aliphatic rings. The predicted molar refractivity (Wildman–Crippen MR) is 136 cm³/mol. The number of aromatic nitrogens is 10. The van der Waals surface area contributed by atoms with E-state index in [1.807, 2.05) is 6.07 Å². The second-order valence-electron chi connectivity index (χ2n) is 8.62. The molecular weight excluding hydrogens is 499 g/mol. The monoisotopic (exact) mass is 508 g/mol. The Bertz CT molecular complexity index is 2280. The molecule has 10 nitrogen and oxygen atoms in total. The fraction of sp³-hybridized carbons (Fsp3) is 0. The molecule has 0 N–H and O–H groups in total. The van der Waals surface area contributed by atoms with Gasteiger partial charge in [0.05, 0.1) is 16.6 Å². The van der Waals surface area contributed by atoms with Gasteiger partial charge in [0.15, 0.2) is 5.82 Å². The number of para-hydroxylation sites is 2. The highest BCUT2D eigenvalue weighted by atomic mass is 35.5. The highest BCUT2D eigenvalue weighted by molar-refractivity contribution is 6.28. The smallest absolute Gasteiger partial charge is 0.261 e. The molecule has 0 saturated carbocycles. The molecule has 36 heavy (non-hydrogen) atoms. The molecule has 0 aliphatic carbocycles. The van der Waals surface area contributed by atoms with Gasteiger partial charge < -0.3 is 4.40 Å². The molecule has 170 valence electrons. The van der Waals surface area contributed by atoms with Crippen LogP contribution in [0.25, 0.3) is 66.8 Å². The number of fused-ring (bicyclic) bond motifs is 12. The Morgan fingerprint density at radius 3 is 1.94 bits per heavy atom. The van der Waals surface area contributed by atoms with Gasteiger partial charge in [-0.2, -0.15) is 28.5 Å². The van der Waals surface area contributed by atoms with E-state index in [1.165, 1.54) is 40.7 Å². The quantitative estimate of drug-likeness (QED) is 0.311. The molecule has 0 atom stereocenters. The van der Waals surface area contributed by atoms with E-state index in [0.717, 1.165) is 16.5 Å². The van der Waals surface area contributed by atoms with Crippen LogP contribution in [0, 0.1) is 0 Å². The van der Waals surface area contributed by atoms with E-state index < -0.39 is 0 Å². The third-order valence-corrected chi connectivity index (χ3v) is 7.09. The van der Waals surface area contributed by atoms with Crippen molar-refractivity contribution in [3.63, 3.8) is 0 Å². The first-order valence-electron chi connectivity index (χ1n) is 11.1. The molecule has 9 rings (SSSR count).